The van der Waals surface area contributed by atoms with Crippen molar-refractivity contribution in [1.29, 1.82) is 0 Å². The summed E-state index contributed by atoms with van der Waals surface area (Å²) in [6, 6.07) is 9.12. The third-order valence-corrected chi connectivity index (χ3v) is 4.85. The fraction of sp³-hybridized carbons (Fsp3) is 0.438. The number of aromatic nitrogens is 1. The molecule has 0 fully saturated rings. The number of hydrogen-bond acceptors (Lipinski definition) is 4. The molecule has 0 saturated heterocycles. The van der Waals surface area contributed by atoms with E-state index in [9.17, 15) is 5.11 Å². The second-order valence-electron chi connectivity index (χ2n) is 5.29. The van der Waals surface area contributed by atoms with Gasteiger partial charge in [0.25, 0.3) is 0 Å². The zero-order valence-electron chi connectivity index (χ0n) is 11.7. The number of hydrogen-bond donors (Lipinski definition) is 1. The highest BCUT2D eigenvalue weighted by Crippen LogP contribution is 2.36. The lowest BCUT2D eigenvalue weighted by atomic mass is 10.1. The Kier molecular flexibility index (Phi) is 4.15. The van der Waals surface area contributed by atoms with Gasteiger partial charge < -0.3 is 5.11 Å². The number of fused-ring (bicyclic) bond motifs is 1. The molecule has 1 aromatic heterocycles. The van der Waals surface area contributed by atoms with Crippen LogP contribution in [0.15, 0.2) is 30.5 Å². The van der Waals surface area contributed by atoms with Crippen LogP contribution in [-0.4, -0.2) is 28.1 Å². The number of aliphatic hydroxyl groups excluding tert-OH is 1. The van der Waals surface area contributed by atoms with Crippen molar-refractivity contribution in [2.24, 2.45) is 0 Å². The smallest absolute Gasteiger partial charge is 0.0897 e. The quantitative estimate of drug-likeness (QED) is 0.919. The summed E-state index contributed by atoms with van der Waals surface area (Å²) in [5, 5.41) is 10.5. The Balaban J connectivity index is 1.81. The van der Waals surface area contributed by atoms with Crippen molar-refractivity contribution in [3.63, 3.8) is 0 Å². The summed E-state index contributed by atoms with van der Waals surface area (Å²) in [5.74, 6) is 0. The molecule has 1 N–H and O–H groups in total. The van der Waals surface area contributed by atoms with Crippen molar-refractivity contribution >= 4 is 11.3 Å². The molecule has 1 aromatic carbocycles. The number of nitrogens with zero attached hydrogens (tertiary/aromatic N) is 2. The van der Waals surface area contributed by atoms with Gasteiger partial charge in [-0.05, 0) is 30.9 Å². The molecule has 3 nitrogen and oxygen atoms in total. The number of rotatable bonds is 5. The van der Waals surface area contributed by atoms with Crippen molar-refractivity contribution in [3.05, 3.63) is 51.5 Å². The molecule has 0 saturated carbocycles. The maximum atomic E-state index is 9.37. The monoisotopic (exact) mass is 288 g/mol. The highest BCUT2D eigenvalue weighted by Gasteiger charge is 2.27. The Labute approximate surface area is 123 Å². The van der Waals surface area contributed by atoms with E-state index in [0.717, 1.165) is 30.9 Å². The fourth-order valence-corrected chi connectivity index (χ4v) is 3.89. The van der Waals surface area contributed by atoms with E-state index < -0.39 is 0 Å². The van der Waals surface area contributed by atoms with Gasteiger partial charge in [0.2, 0.25) is 0 Å². The predicted octanol–water partition coefficient (Wildman–Crippen LogP) is 2.93. The van der Waals surface area contributed by atoms with E-state index in [0.29, 0.717) is 6.04 Å². The first-order valence-corrected chi connectivity index (χ1v) is 7.93. The molecule has 1 heterocycles. The lowest BCUT2D eigenvalue weighted by Crippen LogP contribution is -2.29. The van der Waals surface area contributed by atoms with E-state index >= 15 is 0 Å². The lowest BCUT2D eigenvalue weighted by molar-refractivity contribution is 0.144. The SMILES string of the molecule is Cc1ncc(CN(CCO)C2CCc3ccccc32)s1. The van der Waals surface area contributed by atoms with Gasteiger partial charge in [0.05, 0.1) is 11.6 Å². The summed E-state index contributed by atoms with van der Waals surface area (Å²) in [5.41, 5.74) is 2.89. The summed E-state index contributed by atoms with van der Waals surface area (Å²) in [7, 11) is 0. The van der Waals surface area contributed by atoms with Gasteiger partial charge in [-0.3, -0.25) is 4.90 Å². The first-order chi connectivity index (χ1) is 9.78. The minimum Gasteiger partial charge on any atom is -0.395 e. The van der Waals surface area contributed by atoms with Gasteiger partial charge in [0, 0.05) is 30.2 Å². The fourth-order valence-electron chi connectivity index (χ4n) is 3.07. The zero-order valence-corrected chi connectivity index (χ0v) is 12.6. The first kappa shape index (κ1) is 13.7. The van der Waals surface area contributed by atoms with E-state index in [4.69, 9.17) is 0 Å². The molecular weight excluding hydrogens is 268 g/mol. The van der Waals surface area contributed by atoms with Gasteiger partial charge in [-0.15, -0.1) is 11.3 Å². The van der Waals surface area contributed by atoms with E-state index in [1.807, 2.05) is 13.1 Å². The molecule has 3 rings (SSSR count). The van der Waals surface area contributed by atoms with Gasteiger partial charge in [0.15, 0.2) is 0 Å². The molecule has 0 aliphatic heterocycles. The molecule has 0 amide bonds. The maximum Gasteiger partial charge on any atom is 0.0897 e. The Morgan fingerprint density at radius 1 is 1.40 bits per heavy atom. The van der Waals surface area contributed by atoms with Crippen LogP contribution in [0.3, 0.4) is 0 Å². The molecule has 1 aliphatic carbocycles. The molecule has 1 unspecified atom stereocenters. The standard InChI is InChI=1S/C16H20N2OS/c1-12-17-10-14(20-12)11-18(8-9-19)16-7-6-13-4-2-3-5-15(13)16/h2-5,10,16,19H,6-9,11H2,1H3. The average molecular weight is 288 g/mol. The topological polar surface area (TPSA) is 36.4 Å². The highest BCUT2D eigenvalue weighted by atomic mass is 32.1. The van der Waals surface area contributed by atoms with Crippen LogP contribution in [0.2, 0.25) is 0 Å². The lowest BCUT2D eigenvalue weighted by Gasteiger charge is -2.28. The van der Waals surface area contributed by atoms with Crippen LogP contribution in [0.25, 0.3) is 0 Å². The molecule has 0 radical (unpaired) electrons. The van der Waals surface area contributed by atoms with Gasteiger partial charge >= 0.3 is 0 Å². The number of benzene rings is 1. The minimum absolute atomic E-state index is 0.205. The van der Waals surface area contributed by atoms with Crippen LogP contribution in [0.4, 0.5) is 0 Å². The molecule has 1 aliphatic rings. The summed E-state index contributed by atoms with van der Waals surface area (Å²) in [6.07, 6.45) is 4.26. The molecular formula is C16H20N2OS. The third kappa shape index (κ3) is 2.77. The highest BCUT2D eigenvalue weighted by molar-refractivity contribution is 7.11. The van der Waals surface area contributed by atoms with E-state index in [-0.39, 0.29) is 6.61 Å². The number of thiazole rings is 1. The molecule has 0 bridgehead atoms. The normalized spacial score (nSPS) is 17.6. The van der Waals surface area contributed by atoms with Crippen LogP contribution in [-0.2, 0) is 13.0 Å². The molecule has 106 valence electrons. The van der Waals surface area contributed by atoms with Crippen molar-refractivity contribution < 1.29 is 5.11 Å². The third-order valence-electron chi connectivity index (χ3n) is 3.96. The van der Waals surface area contributed by atoms with Crippen molar-refractivity contribution in [2.45, 2.75) is 32.4 Å². The Hall–Kier alpha value is -1.23. The summed E-state index contributed by atoms with van der Waals surface area (Å²) in [6.45, 7) is 3.84. The van der Waals surface area contributed by atoms with Crippen LogP contribution < -0.4 is 0 Å². The molecule has 4 heteroatoms. The van der Waals surface area contributed by atoms with Gasteiger partial charge in [-0.25, -0.2) is 4.98 Å². The van der Waals surface area contributed by atoms with Crippen molar-refractivity contribution in [1.82, 2.24) is 9.88 Å². The summed E-state index contributed by atoms with van der Waals surface area (Å²) in [4.78, 5) is 8.00. The molecule has 20 heavy (non-hydrogen) atoms. The molecule has 1 atom stereocenters. The molecule has 0 spiro atoms. The maximum absolute atomic E-state index is 9.37. The van der Waals surface area contributed by atoms with Gasteiger partial charge in [-0.1, -0.05) is 24.3 Å². The second-order valence-corrected chi connectivity index (χ2v) is 6.61. The van der Waals surface area contributed by atoms with Gasteiger partial charge in [0.1, 0.15) is 0 Å². The second kappa shape index (κ2) is 6.04. The Morgan fingerprint density at radius 2 is 2.25 bits per heavy atom. The van der Waals surface area contributed by atoms with E-state index in [1.165, 1.54) is 16.0 Å². The first-order valence-electron chi connectivity index (χ1n) is 7.12. The van der Waals surface area contributed by atoms with Gasteiger partial charge in [-0.2, -0.15) is 0 Å². The van der Waals surface area contributed by atoms with Crippen molar-refractivity contribution in [3.8, 4) is 0 Å². The molecule has 2 aromatic rings. The summed E-state index contributed by atoms with van der Waals surface area (Å²) < 4.78 is 0. The minimum atomic E-state index is 0.205. The summed E-state index contributed by atoms with van der Waals surface area (Å²) >= 11 is 1.75. The zero-order chi connectivity index (χ0) is 13.9. The van der Waals surface area contributed by atoms with E-state index in [1.54, 1.807) is 11.3 Å². The van der Waals surface area contributed by atoms with Crippen LogP contribution in [0, 0.1) is 6.92 Å². The van der Waals surface area contributed by atoms with Crippen LogP contribution >= 0.6 is 11.3 Å². The Morgan fingerprint density at radius 3 is 3.00 bits per heavy atom. The average Bonchev–Trinajstić information content (AvgIpc) is 3.04. The van der Waals surface area contributed by atoms with Crippen LogP contribution in [0.1, 0.15) is 33.5 Å². The predicted molar refractivity (Wildman–Crippen MR) is 81.9 cm³/mol. The largest absolute Gasteiger partial charge is 0.395 e. The van der Waals surface area contributed by atoms with Crippen LogP contribution in [0.5, 0.6) is 0 Å². The Bertz CT molecular complexity index is 581. The number of aliphatic hydroxyl groups is 1. The van der Waals surface area contributed by atoms with Crippen molar-refractivity contribution in [2.75, 3.05) is 13.2 Å². The van der Waals surface area contributed by atoms with E-state index in [2.05, 4.69) is 34.1 Å². The number of aryl methyl sites for hydroxylation is 2.